The lowest BCUT2D eigenvalue weighted by Crippen LogP contribution is -2.28. The van der Waals surface area contributed by atoms with Gasteiger partial charge in [0.15, 0.2) is 6.61 Å². The third-order valence-electron chi connectivity index (χ3n) is 3.30. The van der Waals surface area contributed by atoms with E-state index in [2.05, 4.69) is 5.32 Å². The fourth-order valence-electron chi connectivity index (χ4n) is 2.10. The molecule has 2 heterocycles. The van der Waals surface area contributed by atoms with Gasteiger partial charge in [-0.3, -0.25) is 4.79 Å². The summed E-state index contributed by atoms with van der Waals surface area (Å²) in [4.78, 5) is 12.9. The van der Waals surface area contributed by atoms with Crippen molar-refractivity contribution in [1.29, 1.82) is 0 Å². The molecule has 1 N–H and O–H groups in total. The van der Waals surface area contributed by atoms with E-state index in [0.717, 1.165) is 10.6 Å². The van der Waals surface area contributed by atoms with Gasteiger partial charge in [-0.1, -0.05) is 12.1 Å². The molecule has 2 aromatic heterocycles. The summed E-state index contributed by atoms with van der Waals surface area (Å²) in [6.07, 6.45) is 0. The predicted molar refractivity (Wildman–Crippen MR) is 92.4 cm³/mol. The van der Waals surface area contributed by atoms with Crippen LogP contribution < -0.4 is 14.8 Å². The minimum atomic E-state index is -0.216. The van der Waals surface area contributed by atoms with Gasteiger partial charge in [0.2, 0.25) is 0 Å². The predicted octanol–water partition coefficient (Wildman–Crippen LogP) is 3.71. The second kappa shape index (κ2) is 7.70. The zero-order valence-corrected chi connectivity index (χ0v) is 14.0. The number of amides is 1. The van der Waals surface area contributed by atoms with Gasteiger partial charge in [0.1, 0.15) is 23.0 Å². The number of hydrogen-bond acceptors (Lipinski definition) is 5. The van der Waals surface area contributed by atoms with Crippen molar-refractivity contribution in [2.24, 2.45) is 0 Å². The molecule has 0 aliphatic carbocycles. The first kappa shape index (κ1) is 16.1. The summed E-state index contributed by atoms with van der Waals surface area (Å²) in [7, 11) is 1.58. The molecular weight excluding hydrogens is 326 g/mol. The maximum Gasteiger partial charge on any atom is 0.258 e. The molecule has 5 nitrogen and oxygen atoms in total. The Balaban J connectivity index is 1.47. The van der Waals surface area contributed by atoms with Crippen LogP contribution in [0.2, 0.25) is 0 Å². The fourth-order valence-corrected chi connectivity index (χ4v) is 2.79. The molecule has 0 aliphatic heterocycles. The number of rotatable bonds is 7. The topological polar surface area (TPSA) is 60.7 Å². The van der Waals surface area contributed by atoms with E-state index in [1.807, 2.05) is 35.7 Å². The molecule has 1 amide bonds. The van der Waals surface area contributed by atoms with Crippen molar-refractivity contribution in [2.45, 2.75) is 6.54 Å². The van der Waals surface area contributed by atoms with Gasteiger partial charge in [-0.15, -0.1) is 11.3 Å². The summed E-state index contributed by atoms with van der Waals surface area (Å²) >= 11 is 1.61. The van der Waals surface area contributed by atoms with Gasteiger partial charge in [-0.05, 0) is 35.7 Å². The number of carbonyl (C=O) groups is 1. The molecule has 1 aromatic carbocycles. The number of thiophene rings is 1. The molecule has 24 heavy (non-hydrogen) atoms. The number of hydrogen-bond donors (Lipinski definition) is 1. The quantitative estimate of drug-likeness (QED) is 0.710. The van der Waals surface area contributed by atoms with Crippen LogP contribution in [0.15, 0.2) is 58.3 Å². The Morgan fingerprint density at radius 3 is 2.83 bits per heavy atom. The van der Waals surface area contributed by atoms with Gasteiger partial charge in [0.05, 0.1) is 18.5 Å². The van der Waals surface area contributed by atoms with Crippen LogP contribution in [-0.2, 0) is 11.3 Å². The normalized spacial score (nSPS) is 10.4. The highest BCUT2D eigenvalue weighted by Crippen LogP contribution is 2.26. The van der Waals surface area contributed by atoms with Crippen molar-refractivity contribution < 1.29 is 18.7 Å². The summed E-state index contributed by atoms with van der Waals surface area (Å²) in [6.45, 7) is 0.261. The van der Waals surface area contributed by atoms with E-state index < -0.39 is 0 Å². The second-order valence-electron chi connectivity index (χ2n) is 4.99. The molecule has 3 aromatic rings. The molecule has 0 spiro atoms. The molecule has 0 saturated heterocycles. The highest BCUT2D eigenvalue weighted by atomic mass is 32.1. The maximum atomic E-state index is 11.9. The van der Waals surface area contributed by atoms with Crippen molar-refractivity contribution in [3.8, 4) is 22.1 Å². The molecule has 124 valence electrons. The first-order chi connectivity index (χ1) is 11.7. The van der Waals surface area contributed by atoms with Crippen molar-refractivity contribution in [3.05, 3.63) is 59.7 Å². The Morgan fingerprint density at radius 1 is 1.17 bits per heavy atom. The highest BCUT2D eigenvalue weighted by molar-refractivity contribution is 7.13. The zero-order chi connectivity index (χ0) is 16.8. The molecule has 0 fully saturated rings. The molecule has 6 heteroatoms. The molecule has 3 rings (SSSR count). The number of nitrogens with one attached hydrogen (secondary N) is 1. The smallest absolute Gasteiger partial charge is 0.258 e. The van der Waals surface area contributed by atoms with Gasteiger partial charge in [0.25, 0.3) is 5.91 Å². The number of methoxy groups -OCH3 is 1. The second-order valence-corrected chi connectivity index (χ2v) is 5.94. The number of furan rings is 1. The van der Waals surface area contributed by atoms with E-state index in [4.69, 9.17) is 13.9 Å². The first-order valence-corrected chi connectivity index (χ1v) is 8.29. The first-order valence-electron chi connectivity index (χ1n) is 7.41. The Bertz CT molecular complexity index is 795. The maximum absolute atomic E-state index is 11.9. The van der Waals surface area contributed by atoms with Crippen LogP contribution in [0.5, 0.6) is 11.5 Å². The molecule has 0 atom stereocenters. The molecular formula is C18H17NO4S. The van der Waals surface area contributed by atoms with Crippen LogP contribution in [0.4, 0.5) is 0 Å². The van der Waals surface area contributed by atoms with E-state index in [-0.39, 0.29) is 12.5 Å². The lowest BCUT2D eigenvalue weighted by molar-refractivity contribution is -0.123. The van der Waals surface area contributed by atoms with Crippen LogP contribution in [0, 0.1) is 0 Å². The minimum absolute atomic E-state index is 0.0638. The van der Waals surface area contributed by atoms with Crippen LogP contribution in [0.1, 0.15) is 5.76 Å². The largest absolute Gasteiger partial charge is 0.497 e. The van der Waals surface area contributed by atoms with E-state index in [9.17, 15) is 4.79 Å². The summed E-state index contributed by atoms with van der Waals surface area (Å²) in [5, 5.41) is 4.77. The van der Waals surface area contributed by atoms with Crippen molar-refractivity contribution >= 4 is 17.2 Å². The van der Waals surface area contributed by atoms with Crippen LogP contribution >= 0.6 is 11.3 Å². The average molecular weight is 343 g/mol. The summed E-state index contributed by atoms with van der Waals surface area (Å²) in [5.41, 5.74) is 0. The Kier molecular flexibility index (Phi) is 5.18. The number of benzene rings is 1. The van der Waals surface area contributed by atoms with Crippen molar-refractivity contribution in [1.82, 2.24) is 5.32 Å². The minimum Gasteiger partial charge on any atom is -0.497 e. The number of carbonyl (C=O) groups excluding carboxylic acids is 1. The molecule has 0 radical (unpaired) electrons. The molecule has 0 saturated carbocycles. The molecule has 0 unspecified atom stereocenters. The molecule has 0 aliphatic rings. The fraction of sp³-hybridized carbons (Fsp3) is 0.167. The lowest BCUT2D eigenvalue weighted by atomic mass is 10.3. The van der Waals surface area contributed by atoms with Gasteiger partial charge >= 0.3 is 0 Å². The Morgan fingerprint density at radius 2 is 2.04 bits per heavy atom. The third kappa shape index (κ3) is 4.17. The van der Waals surface area contributed by atoms with Gasteiger partial charge in [-0.25, -0.2) is 0 Å². The summed E-state index contributed by atoms with van der Waals surface area (Å²) in [5.74, 6) is 2.56. The van der Waals surface area contributed by atoms with Crippen LogP contribution in [-0.4, -0.2) is 19.6 Å². The highest BCUT2D eigenvalue weighted by Gasteiger charge is 2.08. The Hall–Kier alpha value is -2.73. The van der Waals surface area contributed by atoms with E-state index in [1.165, 1.54) is 0 Å². The van der Waals surface area contributed by atoms with Crippen LogP contribution in [0.25, 0.3) is 10.6 Å². The van der Waals surface area contributed by atoms with Crippen molar-refractivity contribution in [3.63, 3.8) is 0 Å². The Labute approximate surface area is 143 Å². The van der Waals surface area contributed by atoms with Crippen molar-refractivity contribution in [2.75, 3.05) is 13.7 Å². The number of ether oxygens (including phenoxy) is 2. The van der Waals surface area contributed by atoms with E-state index in [0.29, 0.717) is 23.8 Å². The lowest BCUT2D eigenvalue weighted by Gasteiger charge is -2.07. The molecule has 0 bridgehead atoms. The SMILES string of the molecule is COc1cccc(OCC(=O)NCc2ccc(-c3cccs3)o2)c1. The van der Waals surface area contributed by atoms with Gasteiger partial charge in [-0.2, -0.15) is 0 Å². The zero-order valence-electron chi connectivity index (χ0n) is 13.2. The summed E-state index contributed by atoms with van der Waals surface area (Å²) < 4.78 is 16.3. The van der Waals surface area contributed by atoms with E-state index in [1.54, 1.807) is 36.6 Å². The summed E-state index contributed by atoms with van der Waals surface area (Å²) in [6, 6.07) is 14.9. The van der Waals surface area contributed by atoms with Gasteiger partial charge in [0, 0.05) is 6.07 Å². The third-order valence-corrected chi connectivity index (χ3v) is 4.18. The van der Waals surface area contributed by atoms with E-state index >= 15 is 0 Å². The van der Waals surface area contributed by atoms with Crippen LogP contribution in [0.3, 0.4) is 0 Å². The standard InChI is InChI=1S/C18H17NO4S/c1-21-13-4-2-5-14(10-13)22-12-18(20)19-11-15-7-8-16(23-15)17-6-3-9-24-17/h2-10H,11-12H2,1H3,(H,19,20). The average Bonchev–Trinajstić information content (AvgIpc) is 3.29. The monoisotopic (exact) mass is 343 g/mol. The van der Waals surface area contributed by atoms with Gasteiger partial charge < -0.3 is 19.2 Å².